The molecule has 9 nitrogen and oxygen atoms in total. The molecule has 1 aromatic heterocycles. The maximum atomic E-state index is 12.5. The van der Waals surface area contributed by atoms with Crippen LogP contribution in [0.15, 0.2) is 53.4 Å². The van der Waals surface area contributed by atoms with Crippen molar-refractivity contribution in [3.05, 3.63) is 64.7 Å². The largest absolute Gasteiger partial charge is 0.326 e. The topological polar surface area (TPSA) is 130 Å². The lowest BCUT2D eigenvalue weighted by Crippen LogP contribution is -2.25. The van der Waals surface area contributed by atoms with Crippen LogP contribution in [0.1, 0.15) is 34.8 Å². The summed E-state index contributed by atoms with van der Waals surface area (Å²) in [5.74, 6) is -0.707. The molecule has 0 aliphatic heterocycles. The molecule has 0 radical (unpaired) electrons. The molecular formula is C22H25N5O4S2. The number of hydrogen-bond acceptors (Lipinski definition) is 7. The highest BCUT2D eigenvalue weighted by Gasteiger charge is 2.15. The third kappa shape index (κ3) is 6.91. The predicted octanol–water partition coefficient (Wildman–Crippen LogP) is 3.21. The lowest BCUT2D eigenvalue weighted by molar-refractivity contribution is -0.118. The summed E-state index contributed by atoms with van der Waals surface area (Å²) in [6.45, 7) is 5.60. The van der Waals surface area contributed by atoms with Gasteiger partial charge in [-0.3, -0.25) is 14.9 Å². The average Bonchev–Trinajstić information content (AvgIpc) is 3.21. The molecule has 0 aliphatic carbocycles. The van der Waals surface area contributed by atoms with E-state index in [1.807, 2.05) is 6.92 Å². The van der Waals surface area contributed by atoms with E-state index in [2.05, 4.69) is 25.6 Å². The standard InChI is InChI=1S/C22H25N5O4S2/c1-14(2)20(28)24-17-6-4-5-16(13-17)21(29)25-22-27-26-19(32-22)11-12-23-33(30,31)18-9-7-15(3)8-10-18/h4-10,13-14,23H,11-12H2,1-3H3,(H,24,28)(H,25,27,29). The first-order valence-electron chi connectivity index (χ1n) is 10.2. The van der Waals surface area contributed by atoms with Crippen molar-refractivity contribution in [2.45, 2.75) is 32.1 Å². The Morgan fingerprint density at radius 2 is 1.76 bits per heavy atom. The van der Waals surface area contributed by atoms with Crippen LogP contribution in [0.3, 0.4) is 0 Å². The van der Waals surface area contributed by atoms with Crippen LogP contribution in [0.25, 0.3) is 0 Å². The molecule has 0 saturated heterocycles. The second-order valence-corrected chi connectivity index (χ2v) is 10.5. The van der Waals surface area contributed by atoms with E-state index in [-0.39, 0.29) is 23.3 Å². The fourth-order valence-corrected chi connectivity index (χ4v) is 4.46. The Bertz CT molecular complexity index is 1240. The fourth-order valence-electron chi connectivity index (χ4n) is 2.69. The van der Waals surface area contributed by atoms with Crippen molar-refractivity contribution in [1.29, 1.82) is 0 Å². The van der Waals surface area contributed by atoms with Crippen molar-refractivity contribution in [1.82, 2.24) is 14.9 Å². The Balaban J connectivity index is 1.55. The molecule has 3 N–H and O–H groups in total. The van der Waals surface area contributed by atoms with E-state index in [1.54, 1.807) is 62.4 Å². The molecule has 33 heavy (non-hydrogen) atoms. The van der Waals surface area contributed by atoms with Crippen molar-refractivity contribution in [3.8, 4) is 0 Å². The first kappa shape index (κ1) is 24.5. The molecule has 0 unspecified atom stereocenters. The van der Waals surface area contributed by atoms with Crippen LogP contribution in [-0.2, 0) is 21.2 Å². The maximum Gasteiger partial charge on any atom is 0.257 e. The summed E-state index contributed by atoms with van der Waals surface area (Å²) in [4.78, 5) is 24.6. The van der Waals surface area contributed by atoms with Crippen LogP contribution in [0, 0.1) is 12.8 Å². The van der Waals surface area contributed by atoms with Gasteiger partial charge in [0.25, 0.3) is 5.91 Å². The number of amides is 2. The third-order valence-electron chi connectivity index (χ3n) is 4.57. The van der Waals surface area contributed by atoms with Crippen LogP contribution in [-0.4, -0.2) is 37.0 Å². The smallest absolute Gasteiger partial charge is 0.257 e. The summed E-state index contributed by atoms with van der Waals surface area (Å²) >= 11 is 1.16. The summed E-state index contributed by atoms with van der Waals surface area (Å²) in [5.41, 5.74) is 1.86. The number of sulfonamides is 1. The first-order valence-corrected chi connectivity index (χ1v) is 12.5. The molecule has 2 amide bonds. The average molecular weight is 488 g/mol. The zero-order valence-corrected chi connectivity index (χ0v) is 20.1. The minimum Gasteiger partial charge on any atom is -0.326 e. The molecule has 0 aliphatic rings. The maximum absolute atomic E-state index is 12.5. The van der Waals surface area contributed by atoms with Crippen LogP contribution in [0.5, 0.6) is 0 Å². The molecule has 0 atom stereocenters. The minimum atomic E-state index is -3.61. The van der Waals surface area contributed by atoms with E-state index < -0.39 is 15.9 Å². The fraction of sp³-hybridized carbons (Fsp3) is 0.273. The number of nitrogens with one attached hydrogen (secondary N) is 3. The second-order valence-electron chi connectivity index (χ2n) is 7.64. The van der Waals surface area contributed by atoms with Crippen molar-refractivity contribution in [2.24, 2.45) is 5.92 Å². The van der Waals surface area contributed by atoms with Gasteiger partial charge in [-0.1, -0.05) is 48.9 Å². The van der Waals surface area contributed by atoms with Gasteiger partial charge in [0.15, 0.2) is 0 Å². The normalized spacial score (nSPS) is 11.4. The Labute approximate surface area is 196 Å². The highest BCUT2D eigenvalue weighted by Crippen LogP contribution is 2.18. The number of benzene rings is 2. The first-order chi connectivity index (χ1) is 15.6. The Morgan fingerprint density at radius 1 is 1.03 bits per heavy atom. The predicted molar refractivity (Wildman–Crippen MR) is 128 cm³/mol. The zero-order valence-electron chi connectivity index (χ0n) is 18.5. The van der Waals surface area contributed by atoms with Gasteiger partial charge in [-0.15, -0.1) is 10.2 Å². The number of rotatable bonds is 9. The summed E-state index contributed by atoms with van der Waals surface area (Å²) in [6.07, 6.45) is 0.329. The Morgan fingerprint density at radius 3 is 2.45 bits per heavy atom. The summed E-state index contributed by atoms with van der Waals surface area (Å²) in [6, 6.07) is 13.2. The molecule has 0 spiro atoms. The van der Waals surface area contributed by atoms with Gasteiger partial charge in [0.2, 0.25) is 21.1 Å². The molecule has 11 heteroatoms. The van der Waals surface area contributed by atoms with E-state index >= 15 is 0 Å². The Kier molecular flexibility index (Phi) is 7.90. The van der Waals surface area contributed by atoms with E-state index in [4.69, 9.17) is 0 Å². The van der Waals surface area contributed by atoms with E-state index in [0.717, 1.165) is 16.9 Å². The van der Waals surface area contributed by atoms with Gasteiger partial charge in [0, 0.05) is 30.1 Å². The number of carbonyl (C=O) groups excluding carboxylic acids is 2. The molecule has 0 bridgehead atoms. The molecule has 0 saturated carbocycles. The molecule has 0 fully saturated rings. The highest BCUT2D eigenvalue weighted by molar-refractivity contribution is 7.89. The number of hydrogen-bond donors (Lipinski definition) is 3. The summed E-state index contributed by atoms with van der Waals surface area (Å²) in [7, 11) is -3.61. The molecule has 2 aromatic carbocycles. The summed E-state index contributed by atoms with van der Waals surface area (Å²) < 4.78 is 27.2. The molecule has 3 rings (SSSR count). The van der Waals surface area contributed by atoms with Crippen LogP contribution < -0.4 is 15.4 Å². The molecule has 1 heterocycles. The third-order valence-corrected chi connectivity index (χ3v) is 6.94. The number of aryl methyl sites for hydroxylation is 1. The van der Waals surface area contributed by atoms with Crippen LogP contribution in [0.2, 0.25) is 0 Å². The highest BCUT2D eigenvalue weighted by atomic mass is 32.2. The zero-order chi connectivity index (χ0) is 24.0. The number of nitrogens with zero attached hydrogens (tertiary/aromatic N) is 2. The molecule has 174 valence electrons. The lowest BCUT2D eigenvalue weighted by Gasteiger charge is -2.09. The second kappa shape index (κ2) is 10.6. The van der Waals surface area contributed by atoms with Gasteiger partial charge in [0.1, 0.15) is 5.01 Å². The monoisotopic (exact) mass is 487 g/mol. The van der Waals surface area contributed by atoms with E-state index in [1.165, 1.54) is 0 Å². The van der Waals surface area contributed by atoms with Gasteiger partial charge < -0.3 is 5.32 Å². The number of carbonyl (C=O) groups is 2. The van der Waals surface area contributed by atoms with Crippen molar-refractivity contribution in [2.75, 3.05) is 17.2 Å². The van der Waals surface area contributed by atoms with Crippen molar-refractivity contribution < 1.29 is 18.0 Å². The van der Waals surface area contributed by atoms with Crippen LogP contribution >= 0.6 is 11.3 Å². The SMILES string of the molecule is Cc1ccc(S(=O)(=O)NCCc2nnc(NC(=O)c3cccc(NC(=O)C(C)C)c3)s2)cc1. The Hall–Kier alpha value is -3.15. The molecular weight excluding hydrogens is 462 g/mol. The van der Waals surface area contributed by atoms with Gasteiger partial charge in [-0.05, 0) is 37.3 Å². The van der Waals surface area contributed by atoms with E-state index in [9.17, 15) is 18.0 Å². The molecule has 3 aromatic rings. The van der Waals surface area contributed by atoms with Gasteiger partial charge >= 0.3 is 0 Å². The lowest BCUT2D eigenvalue weighted by atomic mass is 10.1. The van der Waals surface area contributed by atoms with Gasteiger partial charge in [-0.25, -0.2) is 13.1 Å². The minimum absolute atomic E-state index is 0.140. The number of aromatic nitrogens is 2. The van der Waals surface area contributed by atoms with E-state index in [0.29, 0.717) is 27.8 Å². The van der Waals surface area contributed by atoms with Gasteiger partial charge in [-0.2, -0.15) is 0 Å². The van der Waals surface area contributed by atoms with Gasteiger partial charge in [0.05, 0.1) is 4.90 Å². The van der Waals surface area contributed by atoms with Crippen molar-refractivity contribution in [3.63, 3.8) is 0 Å². The van der Waals surface area contributed by atoms with Crippen molar-refractivity contribution >= 4 is 44.0 Å². The summed E-state index contributed by atoms with van der Waals surface area (Å²) in [5, 5.41) is 14.3. The van der Waals surface area contributed by atoms with Crippen LogP contribution in [0.4, 0.5) is 10.8 Å². The number of anilines is 2. The quantitative estimate of drug-likeness (QED) is 0.425.